The van der Waals surface area contributed by atoms with E-state index in [1.807, 2.05) is 0 Å². The number of hydrogen-bond donors (Lipinski definition) is 2. The molecule has 2 rings (SSSR count). The molecule has 2 unspecified atom stereocenters. The predicted molar refractivity (Wildman–Crippen MR) is 59.1 cm³/mol. The zero-order chi connectivity index (χ0) is 9.97. The summed E-state index contributed by atoms with van der Waals surface area (Å²) in [4.78, 5) is 0. The second-order valence-corrected chi connectivity index (χ2v) is 4.14. The van der Waals surface area contributed by atoms with Gasteiger partial charge in [0.25, 0.3) is 0 Å². The average molecular weight is 190 g/mol. The van der Waals surface area contributed by atoms with E-state index in [0.29, 0.717) is 6.04 Å². The van der Waals surface area contributed by atoms with Crippen molar-refractivity contribution in [3.05, 3.63) is 35.4 Å². The summed E-state index contributed by atoms with van der Waals surface area (Å²) in [7, 11) is 0. The first-order valence-electron chi connectivity index (χ1n) is 5.33. The summed E-state index contributed by atoms with van der Waals surface area (Å²) in [5.74, 6) is 0. The second kappa shape index (κ2) is 4.11. The van der Waals surface area contributed by atoms with Crippen LogP contribution in [0.5, 0.6) is 0 Å². The van der Waals surface area contributed by atoms with Crippen LogP contribution in [0.15, 0.2) is 24.3 Å². The first-order valence-corrected chi connectivity index (χ1v) is 5.33. The van der Waals surface area contributed by atoms with E-state index in [2.05, 4.69) is 36.5 Å². The Morgan fingerprint density at radius 2 is 2.36 bits per heavy atom. The number of aryl methyl sites for hydroxylation is 1. The highest BCUT2D eigenvalue weighted by atomic mass is 15.0. The summed E-state index contributed by atoms with van der Waals surface area (Å²) in [6.07, 6.45) is 2.46. The molecule has 1 fully saturated rings. The summed E-state index contributed by atoms with van der Waals surface area (Å²) in [5.41, 5.74) is 8.75. The lowest BCUT2D eigenvalue weighted by atomic mass is 9.98. The van der Waals surface area contributed by atoms with E-state index in [0.717, 1.165) is 6.54 Å². The third-order valence-electron chi connectivity index (χ3n) is 2.96. The molecule has 76 valence electrons. The largest absolute Gasteiger partial charge is 0.323 e. The van der Waals surface area contributed by atoms with E-state index in [9.17, 15) is 0 Å². The molecule has 1 aliphatic heterocycles. The van der Waals surface area contributed by atoms with Crippen molar-refractivity contribution in [2.45, 2.75) is 31.8 Å². The van der Waals surface area contributed by atoms with Gasteiger partial charge in [-0.25, -0.2) is 0 Å². The molecule has 0 spiro atoms. The summed E-state index contributed by atoms with van der Waals surface area (Å²) in [6, 6.07) is 9.12. The van der Waals surface area contributed by atoms with Crippen molar-refractivity contribution in [1.82, 2.24) is 5.32 Å². The molecule has 2 atom stereocenters. The molecule has 0 aromatic heterocycles. The molecule has 0 amide bonds. The van der Waals surface area contributed by atoms with E-state index in [4.69, 9.17) is 5.73 Å². The number of nitrogens with two attached hydrogens (primary N) is 1. The minimum Gasteiger partial charge on any atom is -0.323 e. The van der Waals surface area contributed by atoms with Gasteiger partial charge in [-0.05, 0) is 31.9 Å². The van der Waals surface area contributed by atoms with Crippen LogP contribution in [0.3, 0.4) is 0 Å². The zero-order valence-electron chi connectivity index (χ0n) is 8.66. The summed E-state index contributed by atoms with van der Waals surface area (Å²) >= 11 is 0. The summed E-state index contributed by atoms with van der Waals surface area (Å²) in [5, 5.41) is 3.45. The topological polar surface area (TPSA) is 38.0 Å². The fraction of sp³-hybridized carbons (Fsp3) is 0.500. The van der Waals surface area contributed by atoms with Crippen LogP contribution in [0.2, 0.25) is 0 Å². The number of hydrogen-bond acceptors (Lipinski definition) is 2. The van der Waals surface area contributed by atoms with E-state index < -0.39 is 0 Å². The Morgan fingerprint density at radius 3 is 3.00 bits per heavy atom. The highest BCUT2D eigenvalue weighted by molar-refractivity contribution is 5.26. The fourth-order valence-corrected chi connectivity index (χ4v) is 2.13. The number of benzene rings is 1. The van der Waals surface area contributed by atoms with E-state index in [1.165, 1.54) is 24.0 Å². The molecular formula is C12H18N2. The molecule has 1 aliphatic rings. The second-order valence-electron chi connectivity index (χ2n) is 4.14. The molecule has 3 N–H and O–H groups in total. The van der Waals surface area contributed by atoms with Gasteiger partial charge < -0.3 is 11.1 Å². The van der Waals surface area contributed by atoms with Gasteiger partial charge in [-0.2, -0.15) is 0 Å². The molecule has 14 heavy (non-hydrogen) atoms. The molecule has 1 heterocycles. The third kappa shape index (κ3) is 1.97. The van der Waals surface area contributed by atoms with Gasteiger partial charge in [0.2, 0.25) is 0 Å². The molecule has 0 aliphatic carbocycles. The maximum Gasteiger partial charge on any atom is 0.0450 e. The molecule has 0 saturated carbocycles. The van der Waals surface area contributed by atoms with Crippen LogP contribution >= 0.6 is 0 Å². The molecule has 0 radical (unpaired) electrons. The Balaban J connectivity index is 2.13. The quantitative estimate of drug-likeness (QED) is 0.745. The van der Waals surface area contributed by atoms with E-state index >= 15 is 0 Å². The van der Waals surface area contributed by atoms with Gasteiger partial charge in [0, 0.05) is 12.1 Å². The van der Waals surface area contributed by atoms with Gasteiger partial charge in [0.05, 0.1) is 0 Å². The van der Waals surface area contributed by atoms with Gasteiger partial charge in [0.15, 0.2) is 0 Å². The van der Waals surface area contributed by atoms with Crippen molar-refractivity contribution in [3.8, 4) is 0 Å². The van der Waals surface area contributed by atoms with Crippen molar-refractivity contribution in [1.29, 1.82) is 0 Å². The van der Waals surface area contributed by atoms with Crippen molar-refractivity contribution in [3.63, 3.8) is 0 Å². The van der Waals surface area contributed by atoms with Gasteiger partial charge >= 0.3 is 0 Å². The normalized spacial score (nSPS) is 23.7. The molecule has 1 aromatic rings. The van der Waals surface area contributed by atoms with E-state index in [-0.39, 0.29) is 6.04 Å². The number of rotatable bonds is 2. The minimum absolute atomic E-state index is 0.150. The van der Waals surface area contributed by atoms with Gasteiger partial charge in [-0.3, -0.25) is 0 Å². The lowest BCUT2D eigenvalue weighted by Gasteiger charge is -2.20. The van der Waals surface area contributed by atoms with Crippen molar-refractivity contribution >= 4 is 0 Å². The summed E-state index contributed by atoms with van der Waals surface area (Å²) < 4.78 is 0. The Morgan fingerprint density at radius 1 is 1.50 bits per heavy atom. The van der Waals surface area contributed by atoms with Gasteiger partial charge in [0.1, 0.15) is 0 Å². The molecule has 1 aromatic carbocycles. The number of nitrogens with one attached hydrogen (secondary N) is 1. The summed E-state index contributed by atoms with van der Waals surface area (Å²) in [6.45, 7) is 3.22. The molecule has 2 heteroatoms. The Kier molecular flexibility index (Phi) is 2.85. The van der Waals surface area contributed by atoms with Crippen LogP contribution in [-0.4, -0.2) is 12.6 Å². The van der Waals surface area contributed by atoms with Crippen LogP contribution in [0.25, 0.3) is 0 Å². The molecule has 2 nitrogen and oxygen atoms in total. The lowest BCUT2D eigenvalue weighted by Crippen LogP contribution is -2.34. The Labute approximate surface area is 85.5 Å². The van der Waals surface area contributed by atoms with Crippen molar-refractivity contribution < 1.29 is 0 Å². The zero-order valence-corrected chi connectivity index (χ0v) is 8.66. The monoisotopic (exact) mass is 190 g/mol. The van der Waals surface area contributed by atoms with Crippen LogP contribution in [0.4, 0.5) is 0 Å². The van der Waals surface area contributed by atoms with Gasteiger partial charge in [-0.1, -0.05) is 29.8 Å². The Bertz CT molecular complexity index is 303. The SMILES string of the molecule is Cc1cccc(C(N)C2CCCN2)c1. The van der Waals surface area contributed by atoms with Crippen molar-refractivity contribution in [2.24, 2.45) is 5.73 Å². The maximum atomic E-state index is 6.21. The van der Waals surface area contributed by atoms with E-state index in [1.54, 1.807) is 0 Å². The molecule has 0 bridgehead atoms. The first-order chi connectivity index (χ1) is 6.77. The van der Waals surface area contributed by atoms with Crippen LogP contribution in [-0.2, 0) is 0 Å². The smallest absolute Gasteiger partial charge is 0.0450 e. The Hall–Kier alpha value is -0.860. The van der Waals surface area contributed by atoms with Crippen molar-refractivity contribution in [2.75, 3.05) is 6.54 Å². The highest BCUT2D eigenvalue weighted by Gasteiger charge is 2.22. The predicted octanol–water partition coefficient (Wildman–Crippen LogP) is 1.75. The highest BCUT2D eigenvalue weighted by Crippen LogP contribution is 2.21. The van der Waals surface area contributed by atoms with Gasteiger partial charge in [-0.15, -0.1) is 0 Å². The minimum atomic E-state index is 0.150. The average Bonchev–Trinajstić information content (AvgIpc) is 2.69. The molecule has 1 saturated heterocycles. The fourth-order valence-electron chi connectivity index (χ4n) is 2.13. The standard InChI is InChI=1S/C12H18N2/c1-9-4-2-5-10(8-9)12(13)11-6-3-7-14-11/h2,4-5,8,11-12,14H,3,6-7,13H2,1H3. The third-order valence-corrected chi connectivity index (χ3v) is 2.96. The maximum absolute atomic E-state index is 6.21. The van der Waals surface area contributed by atoms with Crippen LogP contribution in [0.1, 0.15) is 30.0 Å². The lowest BCUT2D eigenvalue weighted by molar-refractivity contribution is 0.500. The van der Waals surface area contributed by atoms with Crippen LogP contribution in [0, 0.1) is 6.92 Å². The van der Waals surface area contributed by atoms with Crippen LogP contribution < -0.4 is 11.1 Å². The first kappa shape index (κ1) is 9.69. The molecular weight excluding hydrogens is 172 g/mol.